The number of aromatic nitrogens is 2. The van der Waals surface area contributed by atoms with Gasteiger partial charge in [-0.2, -0.15) is 5.10 Å². The molecule has 0 bridgehead atoms. The van der Waals surface area contributed by atoms with E-state index in [0.717, 1.165) is 33.8 Å². The van der Waals surface area contributed by atoms with Crippen molar-refractivity contribution in [2.24, 2.45) is 0 Å². The van der Waals surface area contributed by atoms with Crippen LogP contribution in [0.3, 0.4) is 0 Å². The summed E-state index contributed by atoms with van der Waals surface area (Å²) in [6.45, 7) is 2.06. The van der Waals surface area contributed by atoms with Crippen LogP contribution in [0.25, 0.3) is 11.3 Å². The second-order valence-corrected chi connectivity index (χ2v) is 7.41. The number of hydrogen-bond acceptors (Lipinski definition) is 3. The van der Waals surface area contributed by atoms with Gasteiger partial charge in [0.05, 0.1) is 18.8 Å². The van der Waals surface area contributed by atoms with Crippen LogP contribution in [0.2, 0.25) is 0 Å². The number of nitrogens with one attached hydrogen (secondary N) is 1. The molecule has 0 spiro atoms. The normalized spacial score (nSPS) is 15.3. The van der Waals surface area contributed by atoms with Crippen LogP contribution in [0.1, 0.15) is 33.2 Å². The molecule has 1 aliphatic heterocycles. The summed E-state index contributed by atoms with van der Waals surface area (Å²) in [5.74, 6) is 0.665. The average Bonchev–Trinajstić information content (AvgIpc) is 3.34. The van der Waals surface area contributed by atoms with E-state index in [9.17, 15) is 4.79 Å². The first kappa shape index (κ1) is 18.2. The number of benzene rings is 3. The molecule has 0 saturated carbocycles. The van der Waals surface area contributed by atoms with Crippen LogP contribution >= 0.6 is 0 Å². The molecule has 1 N–H and O–H groups in total. The highest BCUT2D eigenvalue weighted by atomic mass is 16.5. The molecule has 1 aromatic heterocycles. The number of carbonyl (C=O) groups excluding carboxylic acids is 1. The summed E-state index contributed by atoms with van der Waals surface area (Å²) < 4.78 is 5.29. The molecule has 0 aliphatic carbocycles. The van der Waals surface area contributed by atoms with Crippen LogP contribution < -0.4 is 9.64 Å². The van der Waals surface area contributed by atoms with Gasteiger partial charge in [0.1, 0.15) is 11.4 Å². The topological polar surface area (TPSA) is 58.2 Å². The first-order valence-electron chi connectivity index (χ1n) is 9.85. The van der Waals surface area contributed by atoms with Crippen molar-refractivity contribution in [3.8, 4) is 17.0 Å². The molecule has 1 unspecified atom stereocenters. The Labute approximate surface area is 174 Å². The molecule has 5 nitrogen and oxygen atoms in total. The van der Waals surface area contributed by atoms with E-state index in [1.54, 1.807) is 7.11 Å². The fraction of sp³-hybridized carbons (Fsp3) is 0.120. The Kier molecular flexibility index (Phi) is 4.36. The van der Waals surface area contributed by atoms with E-state index in [4.69, 9.17) is 4.74 Å². The Morgan fingerprint density at radius 1 is 0.933 bits per heavy atom. The standard InChI is InChI=1S/C25H21N3O2/c1-16-8-10-18(11-9-16)24-21-22(17-6-4-3-5-7-17)26-27-23(21)25(29)28(24)19-12-14-20(30-2)15-13-19/h3-15,24H,1-2H3,(H,26,27). The third kappa shape index (κ3) is 2.87. The maximum atomic E-state index is 13.5. The predicted octanol–water partition coefficient (Wildman–Crippen LogP) is 5.14. The number of ether oxygens (including phenoxy) is 1. The Balaban J connectivity index is 1.70. The van der Waals surface area contributed by atoms with E-state index in [-0.39, 0.29) is 11.9 Å². The van der Waals surface area contributed by atoms with Crippen molar-refractivity contribution in [2.45, 2.75) is 13.0 Å². The van der Waals surface area contributed by atoms with Gasteiger partial charge in [-0.25, -0.2) is 0 Å². The van der Waals surface area contributed by atoms with Crippen LogP contribution in [-0.4, -0.2) is 23.2 Å². The van der Waals surface area contributed by atoms with Crippen molar-refractivity contribution in [3.63, 3.8) is 0 Å². The van der Waals surface area contributed by atoms with Crippen LogP contribution in [0, 0.1) is 6.92 Å². The number of nitrogens with zero attached hydrogens (tertiary/aromatic N) is 2. The van der Waals surface area contributed by atoms with E-state index >= 15 is 0 Å². The zero-order chi connectivity index (χ0) is 20.7. The lowest BCUT2D eigenvalue weighted by atomic mass is 9.95. The van der Waals surface area contributed by atoms with Crippen LogP contribution in [0.4, 0.5) is 5.69 Å². The highest BCUT2D eigenvalue weighted by Gasteiger charge is 2.43. The van der Waals surface area contributed by atoms with E-state index in [0.29, 0.717) is 5.69 Å². The lowest BCUT2D eigenvalue weighted by molar-refractivity contribution is 0.0988. The molecule has 5 rings (SSSR count). The lowest BCUT2D eigenvalue weighted by Crippen LogP contribution is -2.29. The number of fused-ring (bicyclic) bond motifs is 1. The SMILES string of the molecule is COc1ccc(N2C(=O)c3[nH]nc(-c4ccccc4)c3C2c2ccc(C)cc2)cc1. The Hall–Kier alpha value is -3.86. The van der Waals surface area contributed by atoms with Gasteiger partial charge >= 0.3 is 0 Å². The van der Waals surface area contributed by atoms with Crippen molar-refractivity contribution < 1.29 is 9.53 Å². The number of H-pyrrole nitrogens is 1. The third-order valence-electron chi connectivity index (χ3n) is 5.56. The number of aryl methyl sites for hydroxylation is 1. The molecule has 148 valence electrons. The quantitative estimate of drug-likeness (QED) is 0.520. The number of anilines is 1. The molecular formula is C25H21N3O2. The average molecular weight is 395 g/mol. The van der Waals surface area contributed by atoms with E-state index in [1.165, 1.54) is 5.56 Å². The molecule has 0 fully saturated rings. The van der Waals surface area contributed by atoms with Gasteiger partial charge in [-0.3, -0.25) is 14.8 Å². The minimum Gasteiger partial charge on any atom is -0.497 e. The molecule has 30 heavy (non-hydrogen) atoms. The summed E-state index contributed by atoms with van der Waals surface area (Å²) in [5.41, 5.74) is 6.27. The maximum absolute atomic E-state index is 13.5. The van der Waals surface area contributed by atoms with Crippen molar-refractivity contribution in [1.29, 1.82) is 0 Å². The summed E-state index contributed by atoms with van der Waals surface area (Å²) in [6.07, 6.45) is 0. The van der Waals surface area contributed by atoms with E-state index < -0.39 is 0 Å². The molecule has 1 atom stereocenters. The fourth-order valence-electron chi connectivity index (χ4n) is 4.04. The molecule has 1 amide bonds. The lowest BCUT2D eigenvalue weighted by Gasteiger charge is -2.26. The minimum absolute atomic E-state index is 0.0876. The third-order valence-corrected chi connectivity index (χ3v) is 5.56. The molecule has 1 aliphatic rings. The second kappa shape index (κ2) is 7.19. The van der Waals surface area contributed by atoms with Gasteiger partial charge in [0.2, 0.25) is 0 Å². The molecule has 0 radical (unpaired) electrons. The Morgan fingerprint density at radius 3 is 2.30 bits per heavy atom. The Bertz CT molecular complexity index is 1200. The number of aromatic amines is 1. The summed E-state index contributed by atoms with van der Waals surface area (Å²) in [7, 11) is 1.63. The van der Waals surface area contributed by atoms with E-state index in [1.807, 2.05) is 59.5 Å². The molecule has 2 heterocycles. The Morgan fingerprint density at radius 2 is 1.63 bits per heavy atom. The highest BCUT2D eigenvalue weighted by molar-refractivity contribution is 6.11. The molecule has 0 saturated heterocycles. The summed E-state index contributed by atoms with van der Waals surface area (Å²) in [5, 5.41) is 7.52. The van der Waals surface area contributed by atoms with Gasteiger partial charge in [0, 0.05) is 16.8 Å². The zero-order valence-electron chi connectivity index (χ0n) is 16.8. The van der Waals surface area contributed by atoms with Crippen molar-refractivity contribution >= 4 is 11.6 Å². The van der Waals surface area contributed by atoms with E-state index in [2.05, 4.69) is 41.4 Å². The van der Waals surface area contributed by atoms with Crippen molar-refractivity contribution in [1.82, 2.24) is 10.2 Å². The number of amides is 1. The minimum atomic E-state index is -0.268. The number of rotatable bonds is 4. The molecule has 5 heteroatoms. The highest BCUT2D eigenvalue weighted by Crippen LogP contribution is 2.45. The second-order valence-electron chi connectivity index (χ2n) is 7.41. The summed E-state index contributed by atoms with van der Waals surface area (Å²) in [4.78, 5) is 15.3. The predicted molar refractivity (Wildman–Crippen MR) is 117 cm³/mol. The van der Waals surface area contributed by atoms with Gasteiger partial charge in [0.15, 0.2) is 0 Å². The maximum Gasteiger partial charge on any atom is 0.277 e. The van der Waals surface area contributed by atoms with Gasteiger partial charge in [-0.05, 0) is 36.8 Å². The van der Waals surface area contributed by atoms with Crippen molar-refractivity contribution in [3.05, 3.63) is 101 Å². The number of methoxy groups -OCH3 is 1. The zero-order valence-corrected chi connectivity index (χ0v) is 16.8. The summed E-state index contributed by atoms with van der Waals surface area (Å²) >= 11 is 0. The van der Waals surface area contributed by atoms with Gasteiger partial charge < -0.3 is 4.74 Å². The smallest absolute Gasteiger partial charge is 0.277 e. The fourth-order valence-corrected chi connectivity index (χ4v) is 4.04. The first-order chi connectivity index (χ1) is 14.7. The van der Waals surface area contributed by atoms with Crippen LogP contribution in [-0.2, 0) is 0 Å². The molecule has 3 aromatic carbocycles. The van der Waals surface area contributed by atoms with Crippen LogP contribution in [0.15, 0.2) is 78.9 Å². The number of carbonyl (C=O) groups is 1. The van der Waals surface area contributed by atoms with Gasteiger partial charge in [-0.15, -0.1) is 0 Å². The van der Waals surface area contributed by atoms with Crippen molar-refractivity contribution in [2.75, 3.05) is 12.0 Å². The molecular weight excluding hydrogens is 374 g/mol. The monoisotopic (exact) mass is 395 g/mol. The summed E-state index contributed by atoms with van der Waals surface area (Å²) in [6, 6.07) is 25.6. The van der Waals surface area contributed by atoms with Gasteiger partial charge in [-0.1, -0.05) is 60.2 Å². The number of hydrogen-bond donors (Lipinski definition) is 1. The molecule has 4 aromatic rings. The first-order valence-corrected chi connectivity index (χ1v) is 9.85. The largest absolute Gasteiger partial charge is 0.497 e. The van der Waals surface area contributed by atoms with Gasteiger partial charge in [0.25, 0.3) is 5.91 Å². The van der Waals surface area contributed by atoms with Crippen LogP contribution in [0.5, 0.6) is 5.75 Å².